The van der Waals surface area contributed by atoms with Crippen molar-refractivity contribution in [2.75, 3.05) is 13.2 Å². The van der Waals surface area contributed by atoms with Gasteiger partial charge in [0.15, 0.2) is 0 Å². The number of hydrogen-bond acceptors (Lipinski definition) is 5. The third kappa shape index (κ3) is 5.32. The Morgan fingerprint density at radius 2 is 1.69 bits per heavy atom. The normalized spacial score (nSPS) is 21.6. The van der Waals surface area contributed by atoms with Crippen LogP contribution < -0.4 is 10.6 Å². The smallest absolute Gasteiger partial charge is 0.407 e. The highest BCUT2D eigenvalue weighted by Gasteiger charge is 2.39. The van der Waals surface area contributed by atoms with Gasteiger partial charge in [0.2, 0.25) is 5.91 Å². The summed E-state index contributed by atoms with van der Waals surface area (Å²) in [5.41, 5.74) is 4.43. The topological polar surface area (TPSA) is 114 Å². The van der Waals surface area contributed by atoms with Crippen LogP contribution in [0.4, 0.5) is 4.79 Å². The summed E-state index contributed by atoms with van der Waals surface area (Å²) in [5, 5.41) is 14.6. The van der Waals surface area contributed by atoms with Gasteiger partial charge in [-0.25, -0.2) is 4.79 Å². The molecule has 5 rings (SSSR count). The Labute approximate surface area is 204 Å². The molecule has 1 heterocycles. The van der Waals surface area contributed by atoms with E-state index in [1.807, 2.05) is 36.4 Å². The number of hydrogen-bond donors (Lipinski definition) is 3. The summed E-state index contributed by atoms with van der Waals surface area (Å²) < 4.78 is 11.3. The first kappa shape index (κ1) is 23.4. The fourth-order valence-electron chi connectivity index (χ4n) is 5.17. The van der Waals surface area contributed by atoms with Crippen molar-refractivity contribution in [2.24, 2.45) is 5.92 Å². The molecule has 0 bridgehead atoms. The highest BCUT2D eigenvalue weighted by Crippen LogP contribution is 2.44. The molecule has 1 aliphatic heterocycles. The van der Waals surface area contributed by atoms with Crippen LogP contribution in [0.15, 0.2) is 48.5 Å². The van der Waals surface area contributed by atoms with Gasteiger partial charge in [0.1, 0.15) is 12.6 Å². The molecule has 2 aromatic carbocycles. The SMILES string of the molecule is O=C(O)CCC(NC(=O)OCC1c2ccccc2-c2ccccc21)C(=O)NC1COC(C2CC2)C1. The van der Waals surface area contributed by atoms with Crippen molar-refractivity contribution in [3.05, 3.63) is 59.7 Å². The number of carboxylic acid groups (broad SMARTS) is 1. The molecule has 0 radical (unpaired) electrons. The molecule has 2 fully saturated rings. The monoisotopic (exact) mass is 478 g/mol. The average Bonchev–Trinajstić information content (AvgIpc) is 3.52. The maximum Gasteiger partial charge on any atom is 0.407 e. The van der Waals surface area contributed by atoms with Crippen LogP contribution in [0.5, 0.6) is 0 Å². The minimum absolute atomic E-state index is 0.0228. The molecule has 3 aliphatic rings. The van der Waals surface area contributed by atoms with E-state index in [0.29, 0.717) is 12.5 Å². The summed E-state index contributed by atoms with van der Waals surface area (Å²) in [7, 11) is 0. The number of aliphatic carboxylic acids is 1. The van der Waals surface area contributed by atoms with Crippen molar-refractivity contribution in [3.8, 4) is 11.1 Å². The van der Waals surface area contributed by atoms with E-state index in [-0.39, 0.29) is 37.5 Å². The first-order chi connectivity index (χ1) is 17.0. The fourth-order valence-corrected chi connectivity index (χ4v) is 5.17. The van der Waals surface area contributed by atoms with Gasteiger partial charge < -0.3 is 25.2 Å². The standard InChI is InChI=1S/C27H30N2O6/c30-25(31)12-11-23(26(32)28-17-13-24(34-14-17)16-9-10-16)29-27(33)35-15-22-20-7-3-1-5-18(20)19-6-2-4-8-21(19)22/h1-8,16-17,22-24H,9-15H2,(H,28,32)(H,29,33)(H,30,31). The Morgan fingerprint density at radius 1 is 1.03 bits per heavy atom. The minimum Gasteiger partial charge on any atom is -0.481 e. The van der Waals surface area contributed by atoms with E-state index in [9.17, 15) is 14.4 Å². The Morgan fingerprint density at radius 3 is 2.31 bits per heavy atom. The Bertz CT molecular complexity index is 1070. The van der Waals surface area contributed by atoms with Crippen LogP contribution in [-0.2, 0) is 19.1 Å². The number of carbonyl (C=O) groups excluding carboxylic acids is 2. The van der Waals surface area contributed by atoms with Crippen molar-refractivity contribution in [1.29, 1.82) is 0 Å². The highest BCUT2D eigenvalue weighted by atomic mass is 16.5. The van der Waals surface area contributed by atoms with Gasteiger partial charge in [0.25, 0.3) is 0 Å². The number of alkyl carbamates (subject to hydrolysis) is 1. The first-order valence-electron chi connectivity index (χ1n) is 12.2. The molecule has 1 saturated heterocycles. The van der Waals surface area contributed by atoms with Gasteiger partial charge in [-0.15, -0.1) is 0 Å². The predicted octanol–water partition coefficient (Wildman–Crippen LogP) is 3.44. The van der Waals surface area contributed by atoms with Crippen LogP contribution >= 0.6 is 0 Å². The lowest BCUT2D eigenvalue weighted by molar-refractivity contribution is -0.137. The largest absolute Gasteiger partial charge is 0.481 e. The van der Waals surface area contributed by atoms with Gasteiger partial charge in [-0.2, -0.15) is 0 Å². The van der Waals surface area contributed by atoms with Gasteiger partial charge in [-0.05, 0) is 53.9 Å². The van der Waals surface area contributed by atoms with E-state index in [1.54, 1.807) is 0 Å². The molecule has 184 valence electrons. The number of amides is 2. The van der Waals surface area contributed by atoms with Gasteiger partial charge in [-0.3, -0.25) is 9.59 Å². The zero-order chi connectivity index (χ0) is 24.4. The molecule has 8 heteroatoms. The molecule has 2 aliphatic carbocycles. The summed E-state index contributed by atoms with van der Waals surface area (Å²) in [6.07, 6.45) is 2.24. The zero-order valence-electron chi connectivity index (χ0n) is 19.4. The van der Waals surface area contributed by atoms with E-state index in [1.165, 1.54) is 0 Å². The van der Waals surface area contributed by atoms with Crippen molar-refractivity contribution < 1.29 is 29.0 Å². The molecule has 0 spiro atoms. The van der Waals surface area contributed by atoms with Crippen LogP contribution in [-0.4, -0.2) is 54.5 Å². The number of carboxylic acids is 1. The predicted molar refractivity (Wildman–Crippen MR) is 128 cm³/mol. The van der Waals surface area contributed by atoms with Crippen LogP contribution in [0, 0.1) is 5.92 Å². The zero-order valence-corrected chi connectivity index (χ0v) is 19.4. The van der Waals surface area contributed by atoms with Crippen LogP contribution in [0.3, 0.4) is 0 Å². The van der Waals surface area contributed by atoms with Gasteiger partial charge in [0, 0.05) is 12.3 Å². The van der Waals surface area contributed by atoms with Crippen molar-refractivity contribution in [1.82, 2.24) is 10.6 Å². The fraction of sp³-hybridized carbons (Fsp3) is 0.444. The Kier molecular flexibility index (Phi) is 6.72. The summed E-state index contributed by atoms with van der Waals surface area (Å²) in [6, 6.07) is 14.9. The molecule has 3 atom stereocenters. The number of fused-ring (bicyclic) bond motifs is 3. The second kappa shape index (κ2) is 10.1. The van der Waals surface area contributed by atoms with E-state index in [4.69, 9.17) is 14.6 Å². The molecule has 3 unspecified atom stereocenters. The molecule has 2 amide bonds. The molecule has 2 aromatic rings. The van der Waals surface area contributed by atoms with E-state index in [0.717, 1.165) is 41.5 Å². The van der Waals surface area contributed by atoms with E-state index < -0.39 is 24.0 Å². The number of ether oxygens (including phenoxy) is 2. The minimum atomic E-state index is -1.03. The van der Waals surface area contributed by atoms with E-state index >= 15 is 0 Å². The summed E-state index contributed by atoms with van der Waals surface area (Å²) >= 11 is 0. The molecular weight excluding hydrogens is 448 g/mol. The Hall–Kier alpha value is -3.39. The third-order valence-electron chi connectivity index (χ3n) is 7.12. The van der Waals surface area contributed by atoms with Gasteiger partial charge in [0.05, 0.1) is 18.8 Å². The summed E-state index contributed by atoms with van der Waals surface area (Å²) in [5.74, 6) is -0.965. The van der Waals surface area contributed by atoms with E-state index in [2.05, 4.69) is 22.8 Å². The maximum atomic E-state index is 12.9. The average molecular weight is 479 g/mol. The summed E-state index contributed by atoms with van der Waals surface area (Å²) in [6.45, 7) is 0.552. The first-order valence-corrected chi connectivity index (χ1v) is 12.2. The molecule has 8 nitrogen and oxygen atoms in total. The number of nitrogens with one attached hydrogen (secondary N) is 2. The lowest BCUT2D eigenvalue weighted by atomic mass is 9.98. The molecule has 35 heavy (non-hydrogen) atoms. The number of rotatable bonds is 9. The molecule has 1 saturated carbocycles. The maximum absolute atomic E-state index is 12.9. The molecule has 0 aromatic heterocycles. The van der Waals surface area contributed by atoms with Gasteiger partial charge in [-0.1, -0.05) is 48.5 Å². The van der Waals surface area contributed by atoms with Crippen molar-refractivity contribution >= 4 is 18.0 Å². The van der Waals surface area contributed by atoms with Crippen molar-refractivity contribution in [2.45, 2.75) is 56.2 Å². The number of carbonyl (C=O) groups is 3. The lowest BCUT2D eigenvalue weighted by Gasteiger charge is -2.21. The highest BCUT2D eigenvalue weighted by molar-refractivity contribution is 5.86. The molecule has 3 N–H and O–H groups in total. The van der Waals surface area contributed by atoms with Crippen LogP contribution in [0.1, 0.15) is 49.1 Å². The number of benzene rings is 2. The Balaban J connectivity index is 1.20. The molecular formula is C27H30N2O6. The van der Waals surface area contributed by atoms with Gasteiger partial charge >= 0.3 is 12.1 Å². The summed E-state index contributed by atoms with van der Waals surface area (Å²) in [4.78, 5) is 36.7. The van der Waals surface area contributed by atoms with Crippen LogP contribution in [0.25, 0.3) is 11.1 Å². The lowest BCUT2D eigenvalue weighted by Crippen LogP contribution is -2.50. The van der Waals surface area contributed by atoms with Crippen molar-refractivity contribution in [3.63, 3.8) is 0 Å². The second-order valence-corrected chi connectivity index (χ2v) is 9.61. The third-order valence-corrected chi connectivity index (χ3v) is 7.12. The quantitative estimate of drug-likeness (QED) is 0.509. The second-order valence-electron chi connectivity index (χ2n) is 9.61. The van der Waals surface area contributed by atoms with Crippen LogP contribution in [0.2, 0.25) is 0 Å².